The predicted octanol–water partition coefficient (Wildman–Crippen LogP) is 3.44. The fourth-order valence-corrected chi connectivity index (χ4v) is 4.20. The molecule has 1 aliphatic heterocycles. The lowest BCUT2D eigenvalue weighted by Crippen LogP contribution is -2.30. The summed E-state index contributed by atoms with van der Waals surface area (Å²) >= 11 is 1.64. The van der Waals surface area contributed by atoms with Gasteiger partial charge in [-0.25, -0.2) is 22.9 Å². The van der Waals surface area contributed by atoms with Crippen LogP contribution in [0.3, 0.4) is 0 Å². The van der Waals surface area contributed by atoms with Gasteiger partial charge in [0.15, 0.2) is 5.70 Å². The van der Waals surface area contributed by atoms with E-state index in [1.54, 1.807) is 43.8 Å². The molecule has 2 aromatic carbocycles. The highest BCUT2D eigenvalue weighted by atomic mass is 32.2. The van der Waals surface area contributed by atoms with Gasteiger partial charge in [-0.1, -0.05) is 12.1 Å². The second-order valence-corrected chi connectivity index (χ2v) is 9.00. The maximum absolute atomic E-state index is 12.2. The highest BCUT2D eigenvalue weighted by Gasteiger charge is 2.24. The number of sulfonamides is 1. The summed E-state index contributed by atoms with van der Waals surface area (Å²) in [5, 5.41) is 0. The van der Waals surface area contributed by atoms with E-state index in [1.165, 1.54) is 12.1 Å². The van der Waals surface area contributed by atoms with E-state index in [0.29, 0.717) is 5.56 Å². The molecule has 0 aromatic heterocycles. The third-order valence-corrected chi connectivity index (χ3v) is 6.26. The molecule has 3 rings (SSSR count). The van der Waals surface area contributed by atoms with Crippen LogP contribution in [0.4, 0.5) is 0 Å². The van der Waals surface area contributed by atoms with Gasteiger partial charge in [0.25, 0.3) is 0 Å². The Hall–Kier alpha value is -2.42. The lowest BCUT2D eigenvalue weighted by molar-refractivity contribution is -0.129. The zero-order valence-corrected chi connectivity index (χ0v) is 17.3. The van der Waals surface area contributed by atoms with E-state index < -0.39 is 16.0 Å². The molecule has 1 N–H and O–H groups in total. The van der Waals surface area contributed by atoms with Gasteiger partial charge in [0, 0.05) is 16.5 Å². The Labute approximate surface area is 168 Å². The first-order valence-corrected chi connectivity index (χ1v) is 11.3. The van der Waals surface area contributed by atoms with Crippen molar-refractivity contribution in [3.8, 4) is 0 Å². The highest BCUT2D eigenvalue weighted by molar-refractivity contribution is 7.98. The van der Waals surface area contributed by atoms with Crippen molar-refractivity contribution in [3.63, 3.8) is 0 Å². The average Bonchev–Trinajstić information content (AvgIpc) is 3.02. The number of esters is 1. The molecule has 0 spiro atoms. The van der Waals surface area contributed by atoms with E-state index >= 15 is 0 Å². The topological polar surface area (TPSA) is 84.8 Å². The smallest absolute Gasteiger partial charge is 0.363 e. The molecule has 0 radical (unpaired) electrons. The van der Waals surface area contributed by atoms with Crippen LogP contribution in [-0.4, -0.2) is 32.6 Å². The zero-order valence-electron chi connectivity index (χ0n) is 15.7. The first-order chi connectivity index (χ1) is 13.3. The lowest BCUT2D eigenvalue weighted by atomic mass is 10.2. The number of carbonyl (C=O) groups excluding carboxylic acids is 1. The molecule has 1 aliphatic rings. The summed E-state index contributed by atoms with van der Waals surface area (Å²) in [6.45, 7) is 3.50. The lowest BCUT2D eigenvalue weighted by Gasteiger charge is -2.09. The minimum atomic E-state index is -3.58. The first-order valence-electron chi connectivity index (χ1n) is 8.58. The second kappa shape index (κ2) is 8.30. The fourth-order valence-electron chi connectivity index (χ4n) is 2.55. The summed E-state index contributed by atoms with van der Waals surface area (Å²) in [4.78, 5) is 17.6. The van der Waals surface area contributed by atoms with Gasteiger partial charge in [0.1, 0.15) is 0 Å². The molecule has 0 bridgehead atoms. The van der Waals surface area contributed by atoms with Gasteiger partial charge in [-0.15, -0.1) is 11.8 Å². The highest BCUT2D eigenvalue weighted by Crippen LogP contribution is 2.22. The van der Waals surface area contributed by atoms with Gasteiger partial charge < -0.3 is 4.74 Å². The predicted molar refractivity (Wildman–Crippen MR) is 111 cm³/mol. The van der Waals surface area contributed by atoms with E-state index in [0.717, 1.165) is 10.5 Å². The van der Waals surface area contributed by atoms with Crippen LogP contribution in [0.15, 0.2) is 69.0 Å². The van der Waals surface area contributed by atoms with E-state index in [4.69, 9.17) is 4.74 Å². The Morgan fingerprint density at radius 2 is 1.71 bits per heavy atom. The Kier molecular flexibility index (Phi) is 6.02. The number of hydrogen-bond acceptors (Lipinski definition) is 6. The summed E-state index contributed by atoms with van der Waals surface area (Å²) in [5.74, 6) is -0.389. The maximum Gasteiger partial charge on any atom is 0.363 e. The molecule has 28 heavy (non-hydrogen) atoms. The number of hydrogen-bond donors (Lipinski definition) is 1. The van der Waals surface area contributed by atoms with Crippen LogP contribution < -0.4 is 4.72 Å². The molecule has 0 saturated carbocycles. The van der Waals surface area contributed by atoms with E-state index in [9.17, 15) is 13.2 Å². The van der Waals surface area contributed by atoms with Crippen LogP contribution in [0, 0.1) is 0 Å². The molecule has 0 aliphatic carbocycles. The number of nitrogens with zero attached hydrogens (tertiary/aromatic N) is 1. The molecule has 8 heteroatoms. The van der Waals surface area contributed by atoms with Crippen LogP contribution >= 0.6 is 11.8 Å². The number of thioether (sulfide) groups is 1. The van der Waals surface area contributed by atoms with Crippen LogP contribution in [0.5, 0.6) is 0 Å². The number of aliphatic imine (C=N–C) groups is 1. The van der Waals surface area contributed by atoms with Crippen LogP contribution in [-0.2, 0) is 19.6 Å². The minimum absolute atomic E-state index is 0.138. The van der Waals surface area contributed by atoms with Crippen molar-refractivity contribution in [2.24, 2.45) is 4.99 Å². The number of rotatable bonds is 6. The third kappa shape index (κ3) is 4.70. The molecule has 6 nitrogen and oxygen atoms in total. The average molecular weight is 417 g/mol. The molecule has 0 saturated heterocycles. The largest absolute Gasteiger partial charge is 0.402 e. The molecular weight excluding hydrogens is 396 g/mol. The molecule has 0 unspecified atom stereocenters. The van der Waals surface area contributed by atoms with E-state index in [-0.39, 0.29) is 22.5 Å². The van der Waals surface area contributed by atoms with Gasteiger partial charge in [-0.3, -0.25) is 0 Å². The second-order valence-electron chi connectivity index (χ2n) is 6.41. The standard InChI is InChI=1S/C20H20N2O4S2/c1-13(2)22-28(24,25)17-10-6-15(7-11-17)19-21-18(20(23)26-19)12-14-4-8-16(27-3)9-5-14/h4-13,22H,1-3H3/b18-12-. The summed E-state index contributed by atoms with van der Waals surface area (Å²) in [6, 6.07) is 13.6. The number of cyclic esters (lactones) is 1. The SMILES string of the molecule is CSc1ccc(/C=C2\N=C(c3ccc(S(=O)(=O)NC(C)C)cc3)OC2=O)cc1. The Morgan fingerprint density at radius 3 is 2.29 bits per heavy atom. The van der Waals surface area contributed by atoms with Crippen LogP contribution in [0.25, 0.3) is 6.08 Å². The van der Waals surface area contributed by atoms with E-state index in [1.807, 2.05) is 30.5 Å². The number of benzene rings is 2. The molecule has 0 fully saturated rings. The molecule has 0 amide bonds. The fraction of sp³-hybridized carbons (Fsp3) is 0.200. The van der Waals surface area contributed by atoms with Gasteiger partial charge in [-0.2, -0.15) is 0 Å². The summed E-state index contributed by atoms with van der Waals surface area (Å²) < 4.78 is 32.1. The van der Waals surface area contributed by atoms with Crippen LogP contribution in [0.2, 0.25) is 0 Å². The van der Waals surface area contributed by atoms with Gasteiger partial charge >= 0.3 is 5.97 Å². The minimum Gasteiger partial charge on any atom is -0.402 e. The number of ether oxygens (including phenoxy) is 1. The zero-order chi connectivity index (χ0) is 20.3. The van der Waals surface area contributed by atoms with Gasteiger partial charge in [-0.05, 0) is 68.1 Å². The number of nitrogens with one attached hydrogen (secondary N) is 1. The Balaban J connectivity index is 1.83. The van der Waals surface area contributed by atoms with Crippen molar-refractivity contribution in [3.05, 3.63) is 65.4 Å². The molecule has 1 heterocycles. The van der Waals surface area contributed by atoms with Crippen molar-refractivity contribution in [2.45, 2.75) is 29.7 Å². The third-order valence-electron chi connectivity index (χ3n) is 3.84. The number of carbonyl (C=O) groups is 1. The Morgan fingerprint density at radius 1 is 1.07 bits per heavy atom. The van der Waals surface area contributed by atoms with Crippen molar-refractivity contribution in [2.75, 3.05) is 6.26 Å². The van der Waals surface area contributed by atoms with Crippen molar-refractivity contribution < 1.29 is 17.9 Å². The molecular formula is C20H20N2O4S2. The van der Waals surface area contributed by atoms with Crippen molar-refractivity contribution in [1.29, 1.82) is 0 Å². The van der Waals surface area contributed by atoms with Crippen molar-refractivity contribution in [1.82, 2.24) is 4.72 Å². The Bertz CT molecular complexity index is 1040. The van der Waals surface area contributed by atoms with Gasteiger partial charge in [0.2, 0.25) is 15.9 Å². The van der Waals surface area contributed by atoms with E-state index in [2.05, 4.69) is 9.71 Å². The normalized spacial score (nSPS) is 15.8. The first kappa shape index (κ1) is 20.3. The van der Waals surface area contributed by atoms with Crippen molar-refractivity contribution >= 4 is 39.7 Å². The van der Waals surface area contributed by atoms with Gasteiger partial charge in [0.05, 0.1) is 4.90 Å². The molecule has 146 valence electrons. The summed E-state index contributed by atoms with van der Waals surface area (Å²) in [7, 11) is -3.58. The van der Waals surface area contributed by atoms with Crippen LogP contribution in [0.1, 0.15) is 25.0 Å². The summed E-state index contributed by atoms with van der Waals surface area (Å²) in [5.41, 5.74) is 1.57. The molecule has 2 aromatic rings. The quantitative estimate of drug-likeness (QED) is 0.443. The summed E-state index contributed by atoms with van der Waals surface area (Å²) in [6.07, 6.45) is 3.65. The maximum atomic E-state index is 12.2. The molecule has 0 atom stereocenters. The monoisotopic (exact) mass is 416 g/mol.